The Morgan fingerprint density at radius 1 is 1.21 bits per heavy atom. The van der Waals surface area contributed by atoms with E-state index in [1.165, 1.54) is 25.3 Å². The molecule has 4 amide bonds. The number of hydrogen-bond acceptors (Lipinski definition) is 5. The minimum atomic E-state index is -0.863. The molecule has 1 fully saturated rings. The number of benzene rings is 2. The molecule has 3 rings (SSSR count). The first kappa shape index (κ1) is 20.0. The molecule has 0 aromatic heterocycles. The number of barbiturate groups is 1. The molecule has 0 saturated carbocycles. The third-order valence-corrected chi connectivity index (χ3v) is 4.23. The van der Waals surface area contributed by atoms with E-state index in [-0.39, 0.29) is 17.9 Å². The summed E-state index contributed by atoms with van der Waals surface area (Å²) in [5.41, 5.74) is 0.400. The molecule has 1 N–H and O–H groups in total. The smallest absolute Gasteiger partial charge is 0.335 e. The highest BCUT2D eigenvalue weighted by Gasteiger charge is 2.37. The van der Waals surface area contributed by atoms with Crippen LogP contribution in [0.5, 0.6) is 11.5 Å². The maximum Gasteiger partial charge on any atom is 0.335 e. The number of imide groups is 2. The average Bonchev–Trinajstić information content (AvgIpc) is 2.70. The van der Waals surface area contributed by atoms with Crippen molar-refractivity contribution in [2.24, 2.45) is 0 Å². The van der Waals surface area contributed by atoms with E-state index in [1.54, 1.807) is 30.3 Å². The van der Waals surface area contributed by atoms with Gasteiger partial charge in [-0.25, -0.2) is 9.69 Å². The zero-order valence-corrected chi connectivity index (χ0v) is 16.0. The number of amides is 4. The SMILES string of the molecule is C#CCOc1cc(OC)ccc1/C=C1\C(=O)NC(=O)N(c2cccc(Cl)c2)C1=O. The molecule has 0 unspecified atom stereocenters. The van der Waals surface area contributed by atoms with Gasteiger partial charge < -0.3 is 9.47 Å². The van der Waals surface area contributed by atoms with Gasteiger partial charge >= 0.3 is 6.03 Å². The summed E-state index contributed by atoms with van der Waals surface area (Å²) in [7, 11) is 1.49. The lowest BCUT2D eigenvalue weighted by atomic mass is 10.1. The van der Waals surface area contributed by atoms with Crippen molar-refractivity contribution in [3.8, 4) is 23.8 Å². The number of halogens is 1. The maximum absolute atomic E-state index is 12.9. The molecule has 0 bridgehead atoms. The van der Waals surface area contributed by atoms with Crippen LogP contribution < -0.4 is 19.7 Å². The van der Waals surface area contributed by atoms with Gasteiger partial charge in [0.15, 0.2) is 0 Å². The Labute approximate surface area is 171 Å². The molecule has 1 aliphatic rings. The fraction of sp³-hybridized carbons (Fsp3) is 0.0952. The Morgan fingerprint density at radius 3 is 2.69 bits per heavy atom. The molecule has 0 spiro atoms. The van der Waals surface area contributed by atoms with Crippen LogP contribution in [0.25, 0.3) is 6.08 Å². The van der Waals surface area contributed by atoms with E-state index < -0.39 is 17.8 Å². The minimum absolute atomic E-state index is 0.0173. The number of methoxy groups -OCH3 is 1. The number of rotatable bonds is 5. The molecule has 29 heavy (non-hydrogen) atoms. The van der Waals surface area contributed by atoms with Crippen LogP contribution in [0, 0.1) is 12.3 Å². The Morgan fingerprint density at radius 2 is 2.00 bits per heavy atom. The standard InChI is InChI=1S/C21H15ClN2O5/c1-3-9-29-18-12-16(28-2)8-7-13(18)10-17-19(25)23-21(27)24(20(17)26)15-6-4-5-14(22)11-15/h1,4-8,10-12H,9H2,2H3,(H,23,25,27)/b17-10+. The molecular weight excluding hydrogens is 396 g/mol. The molecule has 7 nitrogen and oxygen atoms in total. The highest BCUT2D eigenvalue weighted by molar-refractivity contribution is 6.39. The van der Waals surface area contributed by atoms with Crippen LogP contribution in [0.2, 0.25) is 5.02 Å². The van der Waals surface area contributed by atoms with Crippen molar-refractivity contribution in [2.45, 2.75) is 0 Å². The lowest BCUT2D eigenvalue weighted by Gasteiger charge is -2.26. The van der Waals surface area contributed by atoms with Crippen LogP contribution in [0.3, 0.4) is 0 Å². The van der Waals surface area contributed by atoms with E-state index in [4.69, 9.17) is 27.5 Å². The van der Waals surface area contributed by atoms with E-state index in [2.05, 4.69) is 11.2 Å². The van der Waals surface area contributed by atoms with Gasteiger partial charge in [0.1, 0.15) is 23.7 Å². The number of terminal acetylenes is 1. The molecular formula is C21H15ClN2O5. The molecule has 146 valence electrons. The number of ether oxygens (including phenoxy) is 2. The van der Waals surface area contributed by atoms with Crippen molar-refractivity contribution in [2.75, 3.05) is 18.6 Å². The minimum Gasteiger partial charge on any atom is -0.497 e. The first-order valence-corrected chi connectivity index (χ1v) is 8.73. The summed E-state index contributed by atoms with van der Waals surface area (Å²) >= 11 is 5.96. The van der Waals surface area contributed by atoms with Gasteiger partial charge in [0.2, 0.25) is 0 Å². The second-order valence-electron chi connectivity index (χ2n) is 5.83. The number of hydrogen-bond donors (Lipinski definition) is 1. The van der Waals surface area contributed by atoms with Gasteiger partial charge in [-0.2, -0.15) is 0 Å². The molecule has 1 saturated heterocycles. The van der Waals surface area contributed by atoms with Crippen molar-refractivity contribution >= 4 is 41.2 Å². The first-order chi connectivity index (χ1) is 13.9. The van der Waals surface area contributed by atoms with Crippen molar-refractivity contribution < 1.29 is 23.9 Å². The molecule has 0 radical (unpaired) electrons. The van der Waals surface area contributed by atoms with Crippen molar-refractivity contribution in [3.63, 3.8) is 0 Å². The summed E-state index contributed by atoms with van der Waals surface area (Å²) in [4.78, 5) is 38.4. The third kappa shape index (κ3) is 4.23. The topological polar surface area (TPSA) is 84.9 Å². The summed E-state index contributed by atoms with van der Waals surface area (Å²) in [6.45, 7) is -0.0173. The van der Waals surface area contributed by atoms with Crippen LogP contribution in [0.15, 0.2) is 48.0 Å². The van der Waals surface area contributed by atoms with Gasteiger partial charge in [0.05, 0.1) is 12.8 Å². The summed E-state index contributed by atoms with van der Waals surface area (Å²) in [5, 5.41) is 2.49. The van der Waals surface area contributed by atoms with E-state index in [9.17, 15) is 14.4 Å². The van der Waals surface area contributed by atoms with E-state index in [0.29, 0.717) is 22.1 Å². The van der Waals surface area contributed by atoms with Crippen molar-refractivity contribution in [1.29, 1.82) is 0 Å². The monoisotopic (exact) mass is 410 g/mol. The fourth-order valence-electron chi connectivity index (χ4n) is 2.67. The average molecular weight is 411 g/mol. The molecule has 1 heterocycles. The van der Waals surface area contributed by atoms with Gasteiger partial charge in [0, 0.05) is 16.7 Å². The number of nitrogens with zero attached hydrogens (tertiary/aromatic N) is 1. The van der Waals surface area contributed by atoms with Crippen molar-refractivity contribution in [3.05, 3.63) is 58.6 Å². The molecule has 8 heteroatoms. The highest BCUT2D eigenvalue weighted by atomic mass is 35.5. The van der Waals surface area contributed by atoms with Gasteiger partial charge in [-0.1, -0.05) is 23.6 Å². The first-order valence-electron chi connectivity index (χ1n) is 8.36. The molecule has 1 aliphatic heterocycles. The van der Waals surface area contributed by atoms with E-state index >= 15 is 0 Å². The van der Waals surface area contributed by atoms with Gasteiger partial charge in [-0.15, -0.1) is 6.42 Å². The predicted molar refractivity (Wildman–Crippen MR) is 108 cm³/mol. The molecule has 2 aromatic rings. The number of carbonyl (C=O) groups is 3. The van der Waals surface area contributed by atoms with Crippen LogP contribution in [-0.2, 0) is 9.59 Å². The Balaban J connectivity index is 2.04. The summed E-state index contributed by atoms with van der Waals surface area (Å²) in [6, 6.07) is 10.1. The molecule has 0 atom stereocenters. The zero-order valence-electron chi connectivity index (χ0n) is 15.3. The predicted octanol–water partition coefficient (Wildman–Crippen LogP) is 3.03. The molecule has 2 aromatic carbocycles. The Kier molecular flexibility index (Phi) is 5.86. The second kappa shape index (κ2) is 8.50. The van der Waals surface area contributed by atoms with E-state index in [0.717, 1.165) is 4.90 Å². The number of carbonyl (C=O) groups excluding carboxylic acids is 3. The maximum atomic E-state index is 12.9. The summed E-state index contributed by atoms with van der Waals surface area (Å²) in [6.07, 6.45) is 6.57. The van der Waals surface area contributed by atoms with Gasteiger partial charge in [0.25, 0.3) is 11.8 Å². The largest absolute Gasteiger partial charge is 0.497 e. The lowest BCUT2D eigenvalue weighted by molar-refractivity contribution is -0.122. The number of urea groups is 1. The number of anilines is 1. The van der Waals surface area contributed by atoms with Crippen LogP contribution in [0.4, 0.5) is 10.5 Å². The Bertz CT molecular complexity index is 1070. The lowest BCUT2D eigenvalue weighted by Crippen LogP contribution is -2.54. The second-order valence-corrected chi connectivity index (χ2v) is 6.27. The third-order valence-electron chi connectivity index (χ3n) is 4.00. The quantitative estimate of drug-likeness (QED) is 0.465. The summed E-state index contributed by atoms with van der Waals surface area (Å²) in [5.74, 6) is 1.56. The summed E-state index contributed by atoms with van der Waals surface area (Å²) < 4.78 is 10.6. The number of nitrogens with one attached hydrogen (secondary N) is 1. The highest BCUT2D eigenvalue weighted by Crippen LogP contribution is 2.29. The fourth-order valence-corrected chi connectivity index (χ4v) is 2.85. The zero-order chi connectivity index (χ0) is 21.0. The van der Waals surface area contributed by atoms with Gasteiger partial charge in [-0.3, -0.25) is 14.9 Å². The van der Waals surface area contributed by atoms with Crippen LogP contribution in [0.1, 0.15) is 5.56 Å². The van der Waals surface area contributed by atoms with E-state index in [1.807, 2.05) is 0 Å². The van der Waals surface area contributed by atoms with Crippen LogP contribution in [-0.4, -0.2) is 31.6 Å². The molecule has 0 aliphatic carbocycles. The van der Waals surface area contributed by atoms with Crippen molar-refractivity contribution in [1.82, 2.24) is 5.32 Å². The Hall–Kier alpha value is -3.76. The van der Waals surface area contributed by atoms with Crippen LogP contribution >= 0.6 is 11.6 Å². The normalized spacial score (nSPS) is 15.1. The van der Waals surface area contributed by atoms with Gasteiger partial charge in [-0.05, 0) is 36.4 Å².